The number of hydrogen-bond donors (Lipinski definition) is 1. The van der Waals surface area contributed by atoms with E-state index in [1.165, 1.54) is 23.1 Å². The minimum atomic E-state index is -0.941. The van der Waals surface area contributed by atoms with Crippen molar-refractivity contribution in [3.8, 4) is 6.07 Å². The van der Waals surface area contributed by atoms with E-state index in [-0.39, 0.29) is 17.8 Å². The number of anilines is 1. The molecule has 0 heterocycles. The van der Waals surface area contributed by atoms with Gasteiger partial charge in [-0.3, -0.25) is 9.59 Å². The molecule has 6 heteroatoms. The smallest absolute Gasteiger partial charge is 0.313 e. The van der Waals surface area contributed by atoms with Gasteiger partial charge in [0, 0.05) is 13.1 Å². The van der Waals surface area contributed by atoms with Gasteiger partial charge in [-0.25, -0.2) is 4.39 Å². The molecule has 26 heavy (non-hydrogen) atoms. The van der Waals surface area contributed by atoms with E-state index >= 15 is 0 Å². The summed E-state index contributed by atoms with van der Waals surface area (Å²) in [6.07, 6.45) is 2.11. The Morgan fingerprint density at radius 1 is 1.23 bits per heavy atom. The first-order valence-electron chi connectivity index (χ1n) is 8.00. The average Bonchev–Trinajstić information content (AvgIpc) is 2.66. The van der Waals surface area contributed by atoms with Gasteiger partial charge in [-0.2, -0.15) is 5.26 Å². The Balaban J connectivity index is 2.04. The van der Waals surface area contributed by atoms with Crippen LogP contribution in [0.4, 0.5) is 10.1 Å². The van der Waals surface area contributed by atoms with Crippen LogP contribution >= 0.6 is 0 Å². The van der Waals surface area contributed by atoms with Crippen molar-refractivity contribution in [3.63, 3.8) is 0 Å². The van der Waals surface area contributed by atoms with Crippen molar-refractivity contribution >= 4 is 17.5 Å². The fraction of sp³-hybridized carbons (Fsp3) is 0.150. The number of nitrogens with zero attached hydrogens (tertiary/aromatic N) is 2. The molecule has 0 saturated heterocycles. The molecule has 2 aromatic carbocycles. The second-order valence-electron chi connectivity index (χ2n) is 5.54. The van der Waals surface area contributed by atoms with Gasteiger partial charge in [0.1, 0.15) is 5.82 Å². The number of hydrogen-bond acceptors (Lipinski definition) is 3. The summed E-state index contributed by atoms with van der Waals surface area (Å²) in [5.74, 6) is -2.49. The van der Waals surface area contributed by atoms with Gasteiger partial charge in [-0.05, 0) is 30.2 Å². The zero-order valence-electron chi connectivity index (χ0n) is 14.1. The van der Waals surface area contributed by atoms with E-state index in [1.807, 2.05) is 30.3 Å². The van der Waals surface area contributed by atoms with Crippen LogP contribution in [-0.4, -0.2) is 29.8 Å². The number of nitrogens with one attached hydrogen (secondary N) is 1. The van der Waals surface area contributed by atoms with Crippen molar-refractivity contribution in [2.75, 3.05) is 18.4 Å². The molecule has 132 valence electrons. The van der Waals surface area contributed by atoms with Gasteiger partial charge in [0.2, 0.25) is 0 Å². The minimum Gasteiger partial charge on any atom is -0.330 e. The second kappa shape index (κ2) is 9.14. The van der Waals surface area contributed by atoms with Crippen molar-refractivity contribution in [2.24, 2.45) is 0 Å². The van der Waals surface area contributed by atoms with Crippen LogP contribution in [0.15, 0.2) is 61.2 Å². The first-order chi connectivity index (χ1) is 12.5. The zero-order chi connectivity index (χ0) is 18.9. The van der Waals surface area contributed by atoms with Crippen LogP contribution in [0.5, 0.6) is 0 Å². The fourth-order valence-corrected chi connectivity index (χ4v) is 2.35. The molecule has 2 rings (SSSR count). The quantitative estimate of drug-likeness (QED) is 0.642. The van der Waals surface area contributed by atoms with Gasteiger partial charge in [0.15, 0.2) is 0 Å². The van der Waals surface area contributed by atoms with Gasteiger partial charge >= 0.3 is 11.8 Å². The van der Waals surface area contributed by atoms with Gasteiger partial charge in [-0.1, -0.05) is 36.4 Å². The maximum absolute atomic E-state index is 13.9. The summed E-state index contributed by atoms with van der Waals surface area (Å²) in [6, 6.07) is 15.0. The molecular formula is C20H18FN3O2. The van der Waals surface area contributed by atoms with Crippen LogP contribution in [-0.2, 0) is 16.0 Å². The first kappa shape index (κ1) is 18.9. The van der Waals surface area contributed by atoms with E-state index in [0.29, 0.717) is 13.0 Å². The SMILES string of the molecule is C=CCN(CCc1ccccc1)C(=O)C(=O)Nc1ccc(C#N)cc1F. The molecule has 0 aromatic heterocycles. The second-order valence-corrected chi connectivity index (χ2v) is 5.54. The van der Waals surface area contributed by atoms with E-state index in [4.69, 9.17) is 5.26 Å². The standard InChI is InChI=1S/C20H18FN3O2/c1-2-11-24(12-10-15-6-4-3-5-7-15)20(26)19(25)23-18-9-8-16(14-22)13-17(18)21/h2-9,13H,1,10-12H2,(H,23,25). The Labute approximate surface area is 151 Å². The van der Waals surface area contributed by atoms with Gasteiger partial charge in [0.25, 0.3) is 0 Å². The summed E-state index contributed by atoms with van der Waals surface area (Å²) in [5, 5.41) is 11.0. The average molecular weight is 351 g/mol. The van der Waals surface area contributed by atoms with E-state index in [1.54, 1.807) is 6.07 Å². The lowest BCUT2D eigenvalue weighted by molar-refractivity contribution is -0.142. The highest BCUT2D eigenvalue weighted by Gasteiger charge is 2.22. The molecule has 0 radical (unpaired) electrons. The molecule has 2 aromatic rings. The predicted molar refractivity (Wildman–Crippen MR) is 96.7 cm³/mol. The summed E-state index contributed by atoms with van der Waals surface area (Å²) < 4.78 is 13.9. The van der Waals surface area contributed by atoms with Crippen molar-refractivity contribution in [3.05, 3.63) is 78.1 Å². The number of carbonyl (C=O) groups excluding carboxylic acids is 2. The molecule has 0 aliphatic carbocycles. The molecule has 1 N–H and O–H groups in total. The Bertz CT molecular complexity index is 844. The van der Waals surface area contributed by atoms with Crippen LogP contribution in [0.25, 0.3) is 0 Å². The maximum atomic E-state index is 13.9. The molecular weight excluding hydrogens is 333 g/mol. The highest BCUT2D eigenvalue weighted by atomic mass is 19.1. The summed E-state index contributed by atoms with van der Waals surface area (Å²) in [7, 11) is 0. The molecule has 0 unspecified atom stereocenters. The first-order valence-corrected chi connectivity index (χ1v) is 8.00. The van der Waals surface area contributed by atoms with E-state index in [0.717, 1.165) is 11.6 Å². The fourth-order valence-electron chi connectivity index (χ4n) is 2.35. The number of rotatable bonds is 6. The number of benzene rings is 2. The Kier molecular flexibility index (Phi) is 6.63. The third-order valence-corrected chi connectivity index (χ3v) is 3.69. The lowest BCUT2D eigenvalue weighted by Crippen LogP contribution is -2.41. The van der Waals surface area contributed by atoms with Crippen molar-refractivity contribution in [1.29, 1.82) is 5.26 Å². The lowest BCUT2D eigenvalue weighted by Gasteiger charge is -2.20. The van der Waals surface area contributed by atoms with E-state index in [2.05, 4.69) is 11.9 Å². The highest BCUT2D eigenvalue weighted by molar-refractivity contribution is 6.39. The monoisotopic (exact) mass is 351 g/mol. The van der Waals surface area contributed by atoms with Crippen LogP contribution in [0.3, 0.4) is 0 Å². The van der Waals surface area contributed by atoms with Gasteiger partial charge < -0.3 is 10.2 Å². The van der Waals surface area contributed by atoms with Gasteiger partial charge in [0.05, 0.1) is 17.3 Å². The Hall–Kier alpha value is -3.46. The molecule has 5 nitrogen and oxygen atoms in total. The topological polar surface area (TPSA) is 73.2 Å². The molecule has 2 amide bonds. The molecule has 0 aliphatic rings. The van der Waals surface area contributed by atoms with Crippen molar-refractivity contribution in [2.45, 2.75) is 6.42 Å². The largest absolute Gasteiger partial charge is 0.330 e. The summed E-state index contributed by atoms with van der Waals surface area (Å²) >= 11 is 0. The number of amides is 2. The van der Waals surface area contributed by atoms with Crippen LogP contribution in [0.2, 0.25) is 0 Å². The molecule has 0 aliphatic heterocycles. The third kappa shape index (κ3) is 5.02. The van der Waals surface area contributed by atoms with E-state index in [9.17, 15) is 14.0 Å². The molecule has 0 fully saturated rings. The maximum Gasteiger partial charge on any atom is 0.313 e. The highest BCUT2D eigenvalue weighted by Crippen LogP contribution is 2.15. The van der Waals surface area contributed by atoms with Crippen LogP contribution in [0.1, 0.15) is 11.1 Å². The molecule has 0 bridgehead atoms. The lowest BCUT2D eigenvalue weighted by atomic mass is 10.1. The summed E-state index contributed by atoms with van der Waals surface area (Å²) in [4.78, 5) is 25.9. The van der Waals surface area contributed by atoms with Gasteiger partial charge in [-0.15, -0.1) is 6.58 Å². The summed E-state index contributed by atoms with van der Waals surface area (Å²) in [5.41, 5.74) is 1.01. The predicted octanol–water partition coefficient (Wildman–Crippen LogP) is 2.89. The normalized spacial score (nSPS) is 9.85. The Morgan fingerprint density at radius 3 is 2.58 bits per heavy atom. The molecule has 0 saturated carbocycles. The third-order valence-electron chi connectivity index (χ3n) is 3.69. The molecule has 0 atom stereocenters. The van der Waals surface area contributed by atoms with Crippen molar-refractivity contribution in [1.82, 2.24) is 4.90 Å². The Morgan fingerprint density at radius 2 is 1.96 bits per heavy atom. The van der Waals surface area contributed by atoms with Crippen LogP contribution < -0.4 is 5.32 Å². The summed E-state index contributed by atoms with van der Waals surface area (Å²) in [6.45, 7) is 4.13. The number of halogens is 1. The zero-order valence-corrected chi connectivity index (χ0v) is 14.1. The number of nitriles is 1. The van der Waals surface area contributed by atoms with Crippen molar-refractivity contribution < 1.29 is 14.0 Å². The number of carbonyl (C=O) groups is 2. The molecule has 0 spiro atoms. The van der Waals surface area contributed by atoms with E-state index < -0.39 is 17.6 Å². The minimum absolute atomic E-state index is 0.128. The van der Waals surface area contributed by atoms with Crippen LogP contribution in [0, 0.1) is 17.1 Å².